The lowest BCUT2D eigenvalue weighted by Gasteiger charge is -2.06. The summed E-state index contributed by atoms with van der Waals surface area (Å²) in [6.07, 6.45) is 1.46. The summed E-state index contributed by atoms with van der Waals surface area (Å²) in [5.74, 6) is -0.131. The number of hydrogen-bond acceptors (Lipinski definition) is 3. The van der Waals surface area contributed by atoms with Gasteiger partial charge in [-0.1, -0.05) is 29.8 Å². The van der Waals surface area contributed by atoms with E-state index in [-0.39, 0.29) is 0 Å². The van der Waals surface area contributed by atoms with E-state index in [9.17, 15) is 4.79 Å². The van der Waals surface area contributed by atoms with E-state index >= 15 is 0 Å². The number of carboxylic acids is 1. The maximum Gasteiger partial charge on any atom is 0.311 e. The topological polar surface area (TPSA) is 61.2 Å². The molecule has 0 amide bonds. The van der Waals surface area contributed by atoms with Crippen molar-refractivity contribution >= 4 is 35.5 Å². The summed E-state index contributed by atoms with van der Waals surface area (Å²) in [6.45, 7) is 0. The lowest BCUT2D eigenvalue weighted by molar-refractivity contribution is -0.139. The van der Waals surface area contributed by atoms with E-state index in [2.05, 4.69) is 0 Å². The van der Waals surface area contributed by atoms with Gasteiger partial charge in [-0.3, -0.25) is 4.79 Å². The van der Waals surface area contributed by atoms with Gasteiger partial charge in [0.05, 0.1) is 5.92 Å². The molecule has 0 saturated heterocycles. The molecular formula is C12H14ClNO2S. The molecule has 1 atom stereocenters. The summed E-state index contributed by atoms with van der Waals surface area (Å²) in [4.78, 5) is 10.7. The Morgan fingerprint density at radius 2 is 2.24 bits per heavy atom. The van der Waals surface area contributed by atoms with Crippen LogP contribution in [0.4, 0.5) is 0 Å². The second-order valence-electron chi connectivity index (χ2n) is 3.54. The van der Waals surface area contributed by atoms with Crippen molar-refractivity contribution in [3.05, 3.63) is 34.9 Å². The Kier molecular flexibility index (Phi) is 6.08. The lowest BCUT2D eigenvalue weighted by atomic mass is 10.1. The molecule has 1 aromatic carbocycles. The first kappa shape index (κ1) is 14.1. The highest BCUT2D eigenvalue weighted by Crippen LogP contribution is 2.21. The summed E-state index contributed by atoms with van der Waals surface area (Å²) < 4.78 is 0. The Morgan fingerprint density at radius 1 is 1.53 bits per heavy atom. The quantitative estimate of drug-likeness (QED) is 0.591. The van der Waals surface area contributed by atoms with Gasteiger partial charge in [-0.05, 0) is 23.8 Å². The molecule has 0 heterocycles. The first-order chi connectivity index (χ1) is 8.15. The highest BCUT2D eigenvalue weighted by Gasteiger charge is 2.13. The summed E-state index contributed by atoms with van der Waals surface area (Å²) >= 11 is 7.63. The highest BCUT2D eigenvalue weighted by atomic mass is 35.5. The van der Waals surface area contributed by atoms with Crippen LogP contribution in [0.25, 0.3) is 0 Å². The van der Waals surface area contributed by atoms with Gasteiger partial charge in [0, 0.05) is 17.0 Å². The Morgan fingerprint density at radius 3 is 2.82 bits per heavy atom. The standard InChI is InChI=1S/C12H14ClNO2S/c13-11-4-2-1-3-10(11)8-17-6-5-9(7-14)12(15)16/h1-4,7,9,14H,5-6,8H2,(H,15,16). The predicted octanol–water partition coefficient (Wildman–Crippen LogP) is 3.31. The van der Waals surface area contributed by atoms with Crippen LogP contribution in [0.2, 0.25) is 5.02 Å². The van der Waals surface area contributed by atoms with Gasteiger partial charge >= 0.3 is 5.97 Å². The Balaban J connectivity index is 2.31. The molecule has 0 fully saturated rings. The molecule has 0 bridgehead atoms. The Bertz CT molecular complexity index is 398. The van der Waals surface area contributed by atoms with Gasteiger partial charge in [0.1, 0.15) is 0 Å². The molecule has 92 valence electrons. The molecule has 0 aliphatic heterocycles. The minimum absolute atomic E-state index is 0.480. The fourth-order valence-corrected chi connectivity index (χ4v) is 2.60. The number of carbonyl (C=O) groups is 1. The summed E-state index contributed by atoms with van der Waals surface area (Å²) in [5, 5.41) is 16.5. The smallest absolute Gasteiger partial charge is 0.311 e. The third kappa shape index (κ3) is 4.79. The summed E-state index contributed by atoms with van der Waals surface area (Å²) in [7, 11) is 0. The van der Waals surface area contributed by atoms with Crippen LogP contribution in [-0.4, -0.2) is 23.0 Å². The van der Waals surface area contributed by atoms with Crippen molar-refractivity contribution in [1.29, 1.82) is 5.41 Å². The number of aliphatic carboxylic acids is 1. The summed E-state index contributed by atoms with van der Waals surface area (Å²) in [6, 6.07) is 7.61. The second-order valence-corrected chi connectivity index (χ2v) is 5.06. The molecule has 5 heteroatoms. The molecule has 17 heavy (non-hydrogen) atoms. The number of nitrogens with one attached hydrogen (secondary N) is 1. The van der Waals surface area contributed by atoms with Crippen molar-refractivity contribution in [1.82, 2.24) is 0 Å². The Hall–Kier alpha value is -1.00. The molecule has 0 spiro atoms. The fourth-order valence-electron chi connectivity index (χ4n) is 1.29. The van der Waals surface area contributed by atoms with Crippen molar-refractivity contribution in [3.63, 3.8) is 0 Å². The van der Waals surface area contributed by atoms with Gasteiger partial charge in [-0.25, -0.2) is 0 Å². The third-order valence-corrected chi connectivity index (χ3v) is 3.72. The molecule has 3 nitrogen and oxygen atoms in total. The van der Waals surface area contributed by atoms with Crippen molar-refractivity contribution in [2.24, 2.45) is 5.92 Å². The van der Waals surface area contributed by atoms with Gasteiger partial charge in [0.25, 0.3) is 0 Å². The van der Waals surface area contributed by atoms with E-state index in [1.807, 2.05) is 24.3 Å². The Labute approximate surface area is 110 Å². The number of halogens is 1. The molecule has 1 aromatic rings. The average molecular weight is 272 g/mol. The molecule has 2 N–H and O–H groups in total. The normalized spacial score (nSPS) is 12.1. The molecule has 1 rings (SSSR count). The lowest BCUT2D eigenvalue weighted by Crippen LogP contribution is -2.15. The average Bonchev–Trinajstić information content (AvgIpc) is 2.31. The number of carboxylic acid groups (broad SMARTS) is 1. The maximum atomic E-state index is 10.7. The molecule has 0 radical (unpaired) electrons. The van der Waals surface area contributed by atoms with Gasteiger partial charge in [-0.15, -0.1) is 0 Å². The van der Waals surface area contributed by atoms with Crippen LogP contribution in [0, 0.1) is 11.3 Å². The first-order valence-electron chi connectivity index (χ1n) is 5.19. The fraction of sp³-hybridized carbons (Fsp3) is 0.333. The zero-order valence-electron chi connectivity index (χ0n) is 9.23. The van der Waals surface area contributed by atoms with E-state index in [1.165, 1.54) is 0 Å². The van der Waals surface area contributed by atoms with Gasteiger partial charge in [-0.2, -0.15) is 11.8 Å². The molecular weight excluding hydrogens is 258 g/mol. The largest absolute Gasteiger partial charge is 0.481 e. The van der Waals surface area contributed by atoms with Crippen molar-refractivity contribution in [2.75, 3.05) is 5.75 Å². The molecule has 1 unspecified atom stereocenters. The first-order valence-corrected chi connectivity index (χ1v) is 6.73. The minimum atomic E-state index is -0.932. The predicted molar refractivity (Wildman–Crippen MR) is 72.1 cm³/mol. The van der Waals surface area contributed by atoms with E-state index in [0.717, 1.165) is 22.6 Å². The van der Waals surface area contributed by atoms with Crippen molar-refractivity contribution in [3.8, 4) is 0 Å². The highest BCUT2D eigenvalue weighted by molar-refractivity contribution is 7.98. The molecule has 0 aliphatic carbocycles. The number of thioether (sulfide) groups is 1. The van der Waals surface area contributed by atoms with E-state index in [0.29, 0.717) is 12.2 Å². The zero-order valence-corrected chi connectivity index (χ0v) is 10.8. The second kappa shape index (κ2) is 7.35. The molecule has 0 aliphatic rings. The van der Waals surface area contributed by atoms with E-state index in [4.69, 9.17) is 22.1 Å². The molecule has 0 aromatic heterocycles. The van der Waals surface area contributed by atoms with Crippen LogP contribution in [0.5, 0.6) is 0 Å². The number of hydrogen-bond donors (Lipinski definition) is 2. The summed E-state index contributed by atoms with van der Waals surface area (Å²) in [5.41, 5.74) is 1.06. The zero-order chi connectivity index (χ0) is 12.7. The van der Waals surface area contributed by atoms with Crippen molar-refractivity contribution < 1.29 is 9.90 Å². The van der Waals surface area contributed by atoms with Crippen LogP contribution in [0.3, 0.4) is 0 Å². The van der Waals surface area contributed by atoms with Crippen LogP contribution in [0.1, 0.15) is 12.0 Å². The van der Waals surface area contributed by atoms with Gasteiger partial charge < -0.3 is 10.5 Å². The van der Waals surface area contributed by atoms with Crippen LogP contribution in [0.15, 0.2) is 24.3 Å². The van der Waals surface area contributed by atoms with Crippen LogP contribution >= 0.6 is 23.4 Å². The van der Waals surface area contributed by atoms with Crippen LogP contribution in [-0.2, 0) is 10.5 Å². The minimum Gasteiger partial charge on any atom is -0.481 e. The van der Waals surface area contributed by atoms with Gasteiger partial charge in [0.2, 0.25) is 0 Å². The van der Waals surface area contributed by atoms with Crippen LogP contribution < -0.4 is 0 Å². The van der Waals surface area contributed by atoms with Gasteiger partial charge in [0.15, 0.2) is 0 Å². The SMILES string of the molecule is N=CC(CCSCc1ccccc1Cl)C(=O)O. The van der Waals surface area contributed by atoms with E-state index < -0.39 is 11.9 Å². The molecule has 0 saturated carbocycles. The maximum absolute atomic E-state index is 10.7. The monoisotopic (exact) mass is 271 g/mol. The number of rotatable bonds is 7. The van der Waals surface area contributed by atoms with E-state index in [1.54, 1.807) is 11.8 Å². The van der Waals surface area contributed by atoms with Crippen molar-refractivity contribution in [2.45, 2.75) is 12.2 Å². The third-order valence-electron chi connectivity index (χ3n) is 2.31. The number of benzene rings is 1.